The zero-order valence-corrected chi connectivity index (χ0v) is 16.4. The lowest BCUT2D eigenvalue weighted by molar-refractivity contribution is -0.119. The average Bonchev–Trinajstić information content (AvgIpc) is 3.36. The van der Waals surface area contributed by atoms with Gasteiger partial charge >= 0.3 is 0 Å². The van der Waals surface area contributed by atoms with Crippen LogP contribution in [0.15, 0.2) is 73.1 Å². The lowest BCUT2D eigenvalue weighted by atomic mass is 10.1. The number of anilines is 1. The topological polar surface area (TPSA) is 56.1 Å². The summed E-state index contributed by atoms with van der Waals surface area (Å²) in [4.78, 5) is 17.6. The molecule has 0 fully saturated rings. The minimum absolute atomic E-state index is 0.0795. The van der Waals surface area contributed by atoms with Crippen LogP contribution < -0.4 is 10.1 Å². The van der Waals surface area contributed by atoms with Gasteiger partial charge in [0.2, 0.25) is 5.91 Å². The van der Waals surface area contributed by atoms with Crippen molar-refractivity contribution in [1.82, 2.24) is 9.55 Å². The highest BCUT2D eigenvalue weighted by Crippen LogP contribution is 2.30. The highest BCUT2D eigenvalue weighted by Gasteiger charge is 2.21. The number of hydrogen-bond donors (Lipinski definition) is 1. The summed E-state index contributed by atoms with van der Waals surface area (Å²) in [6.07, 6.45) is 4.44. The number of benzene rings is 2. The zero-order valence-electron chi connectivity index (χ0n) is 15.5. The summed E-state index contributed by atoms with van der Waals surface area (Å²) >= 11 is 1.45. The molecule has 0 radical (unpaired) electrons. The Morgan fingerprint density at radius 3 is 2.68 bits per heavy atom. The van der Waals surface area contributed by atoms with E-state index in [0.29, 0.717) is 18.2 Å². The van der Waals surface area contributed by atoms with E-state index in [1.165, 1.54) is 11.3 Å². The number of ether oxygens (including phenoxy) is 1. The molecule has 4 aromatic rings. The van der Waals surface area contributed by atoms with Crippen molar-refractivity contribution < 1.29 is 9.53 Å². The van der Waals surface area contributed by atoms with E-state index in [0.717, 1.165) is 21.5 Å². The summed E-state index contributed by atoms with van der Waals surface area (Å²) in [7, 11) is 0. The molecule has 4 rings (SSSR count). The largest absolute Gasteiger partial charge is 0.494 e. The molecular weight excluding hydrogens is 370 g/mol. The van der Waals surface area contributed by atoms with Gasteiger partial charge in [-0.25, -0.2) is 4.98 Å². The average molecular weight is 391 g/mol. The van der Waals surface area contributed by atoms with Crippen LogP contribution >= 0.6 is 11.3 Å². The molecule has 28 heavy (non-hydrogen) atoms. The van der Waals surface area contributed by atoms with Crippen LogP contribution in [0.2, 0.25) is 0 Å². The first-order chi connectivity index (χ1) is 13.7. The van der Waals surface area contributed by atoms with Gasteiger partial charge < -0.3 is 14.6 Å². The SMILES string of the molecule is CCOc1ccc2nc(NC(=O)C(Cc3ccccc3)n3cccc3)sc2c1. The third kappa shape index (κ3) is 4.07. The van der Waals surface area contributed by atoms with Gasteiger partial charge in [-0.1, -0.05) is 41.7 Å². The predicted molar refractivity (Wildman–Crippen MR) is 113 cm³/mol. The number of aromatic nitrogens is 2. The standard InChI is InChI=1S/C22H21N3O2S/c1-2-27-17-10-11-18-20(15-17)28-22(23-18)24-21(26)19(25-12-6-7-13-25)14-16-8-4-3-5-9-16/h3-13,15,19H,2,14H2,1H3,(H,23,24,26). The second-order valence-electron chi connectivity index (χ2n) is 6.41. The summed E-state index contributed by atoms with van der Waals surface area (Å²) in [5, 5.41) is 3.59. The number of nitrogens with zero attached hydrogens (tertiary/aromatic N) is 2. The van der Waals surface area contributed by atoms with Gasteiger partial charge in [-0.2, -0.15) is 0 Å². The summed E-state index contributed by atoms with van der Waals surface area (Å²) in [5.74, 6) is 0.731. The van der Waals surface area contributed by atoms with Crippen molar-refractivity contribution >= 4 is 32.6 Å². The van der Waals surface area contributed by atoms with Crippen molar-refractivity contribution in [2.24, 2.45) is 0 Å². The molecule has 2 aromatic carbocycles. The van der Waals surface area contributed by atoms with E-state index in [2.05, 4.69) is 10.3 Å². The number of fused-ring (bicyclic) bond motifs is 1. The third-order valence-electron chi connectivity index (χ3n) is 4.46. The number of hydrogen-bond acceptors (Lipinski definition) is 4. The molecular formula is C22H21N3O2S. The monoisotopic (exact) mass is 391 g/mol. The molecule has 1 atom stereocenters. The van der Waals surface area contributed by atoms with Gasteiger partial charge in [0.15, 0.2) is 5.13 Å². The van der Waals surface area contributed by atoms with Gasteiger partial charge in [-0.15, -0.1) is 0 Å². The highest BCUT2D eigenvalue weighted by atomic mass is 32.1. The fraction of sp³-hybridized carbons (Fsp3) is 0.182. The van der Waals surface area contributed by atoms with E-state index in [1.807, 2.05) is 84.5 Å². The Hall–Kier alpha value is -3.12. The smallest absolute Gasteiger partial charge is 0.249 e. The maximum absolute atomic E-state index is 13.1. The molecule has 0 aliphatic rings. The molecule has 6 heteroatoms. The molecule has 0 aliphatic carbocycles. The summed E-state index contributed by atoms with van der Waals surface area (Å²) in [6.45, 7) is 2.57. The van der Waals surface area contributed by atoms with Crippen molar-refractivity contribution in [2.75, 3.05) is 11.9 Å². The molecule has 1 N–H and O–H groups in total. The fourth-order valence-electron chi connectivity index (χ4n) is 3.13. The minimum Gasteiger partial charge on any atom is -0.494 e. The van der Waals surface area contributed by atoms with Gasteiger partial charge in [0, 0.05) is 18.8 Å². The van der Waals surface area contributed by atoms with Crippen LogP contribution in [0.1, 0.15) is 18.5 Å². The minimum atomic E-state index is -0.344. The van der Waals surface area contributed by atoms with Crippen LogP contribution in [0.25, 0.3) is 10.2 Å². The number of rotatable bonds is 7. The Labute approximate surface area is 167 Å². The lowest BCUT2D eigenvalue weighted by Gasteiger charge is -2.18. The maximum atomic E-state index is 13.1. The van der Waals surface area contributed by atoms with Gasteiger partial charge in [0.05, 0.1) is 16.8 Å². The first kappa shape index (κ1) is 18.3. The van der Waals surface area contributed by atoms with Crippen LogP contribution in [0.4, 0.5) is 5.13 Å². The van der Waals surface area contributed by atoms with E-state index in [1.54, 1.807) is 0 Å². The first-order valence-corrected chi connectivity index (χ1v) is 10.0. The van der Waals surface area contributed by atoms with Crippen molar-refractivity contribution in [3.05, 3.63) is 78.6 Å². The Bertz CT molecular complexity index is 1060. The van der Waals surface area contributed by atoms with E-state index in [9.17, 15) is 4.79 Å². The van der Waals surface area contributed by atoms with Crippen LogP contribution in [0, 0.1) is 0 Å². The number of amides is 1. The molecule has 0 saturated heterocycles. The Balaban J connectivity index is 1.56. The number of nitrogens with one attached hydrogen (secondary N) is 1. The van der Waals surface area contributed by atoms with E-state index in [-0.39, 0.29) is 11.9 Å². The summed E-state index contributed by atoms with van der Waals surface area (Å²) in [5.41, 5.74) is 1.96. The number of carbonyl (C=O) groups excluding carboxylic acids is 1. The van der Waals surface area contributed by atoms with E-state index >= 15 is 0 Å². The maximum Gasteiger partial charge on any atom is 0.249 e. The predicted octanol–water partition coefficient (Wildman–Crippen LogP) is 4.92. The second kappa shape index (κ2) is 8.27. The Kier molecular flexibility index (Phi) is 5.39. The van der Waals surface area contributed by atoms with Crippen LogP contribution in [-0.4, -0.2) is 22.1 Å². The zero-order chi connectivity index (χ0) is 19.3. The molecule has 0 aliphatic heterocycles. The fourth-order valence-corrected chi connectivity index (χ4v) is 4.03. The Morgan fingerprint density at radius 2 is 1.93 bits per heavy atom. The van der Waals surface area contributed by atoms with Crippen molar-refractivity contribution in [2.45, 2.75) is 19.4 Å². The third-order valence-corrected chi connectivity index (χ3v) is 5.40. The molecule has 5 nitrogen and oxygen atoms in total. The molecule has 1 amide bonds. The van der Waals surface area contributed by atoms with Gasteiger partial charge in [0.1, 0.15) is 11.8 Å². The molecule has 2 heterocycles. The summed E-state index contributed by atoms with van der Waals surface area (Å²) in [6, 6.07) is 19.3. The van der Waals surface area contributed by atoms with Crippen molar-refractivity contribution in [3.63, 3.8) is 0 Å². The van der Waals surface area contributed by atoms with Crippen LogP contribution in [0.3, 0.4) is 0 Å². The summed E-state index contributed by atoms with van der Waals surface area (Å²) < 4.78 is 8.47. The molecule has 1 unspecified atom stereocenters. The van der Waals surface area contributed by atoms with E-state index < -0.39 is 0 Å². The van der Waals surface area contributed by atoms with E-state index in [4.69, 9.17) is 4.74 Å². The molecule has 2 aromatic heterocycles. The highest BCUT2D eigenvalue weighted by molar-refractivity contribution is 7.22. The first-order valence-electron chi connectivity index (χ1n) is 9.23. The second-order valence-corrected chi connectivity index (χ2v) is 7.44. The normalized spacial score (nSPS) is 12.0. The number of thiazole rings is 1. The number of carbonyl (C=O) groups is 1. The van der Waals surface area contributed by atoms with Crippen LogP contribution in [0.5, 0.6) is 5.75 Å². The van der Waals surface area contributed by atoms with Gasteiger partial charge in [-0.05, 0) is 42.8 Å². The van der Waals surface area contributed by atoms with Crippen LogP contribution in [-0.2, 0) is 11.2 Å². The lowest BCUT2D eigenvalue weighted by Crippen LogP contribution is -2.27. The van der Waals surface area contributed by atoms with Crippen molar-refractivity contribution in [1.29, 1.82) is 0 Å². The molecule has 142 valence electrons. The Morgan fingerprint density at radius 1 is 1.14 bits per heavy atom. The molecule has 0 spiro atoms. The van der Waals surface area contributed by atoms with Crippen molar-refractivity contribution in [3.8, 4) is 5.75 Å². The quantitative estimate of drug-likeness (QED) is 0.486. The molecule has 0 bridgehead atoms. The van der Waals surface area contributed by atoms with Gasteiger partial charge in [-0.3, -0.25) is 4.79 Å². The van der Waals surface area contributed by atoms with Gasteiger partial charge in [0.25, 0.3) is 0 Å². The molecule has 0 saturated carbocycles.